The fraction of sp³-hybridized carbons (Fsp3) is 0.636. The van der Waals surface area contributed by atoms with E-state index in [1.54, 1.807) is 22.3 Å². The van der Waals surface area contributed by atoms with E-state index in [1.165, 1.54) is 56.1 Å². The van der Waals surface area contributed by atoms with Crippen molar-refractivity contribution in [3.8, 4) is 0 Å². The zero-order chi connectivity index (χ0) is 16.3. The summed E-state index contributed by atoms with van der Waals surface area (Å²) in [7, 11) is 0. The molecule has 0 unspecified atom stereocenters. The van der Waals surface area contributed by atoms with Gasteiger partial charge in [0.25, 0.3) is 0 Å². The molecule has 2 rings (SSSR count). The van der Waals surface area contributed by atoms with E-state index in [0.29, 0.717) is 0 Å². The van der Waals surface area contributed by atoms with E-state index in [-0.39, 0.29) is 5.41 Å². The van der Waals surface area contributed by atoms with Gasteiger partial charge >= 0.3 is 0 Å². The third-order valence-electron chi connectivity index (χ3n) is 5.78. The van der Waals surface area contributed by atoms with Gasteiger partial charge in [0.05, 0.1) is 0 Å². The Morgan fingerprint density at radius 2 is 1.68 bits per heavy atom. The van der Waals surface area contributed by atoms with Gasteiger partial charge in [-0.25, -0.2) is 0 Å². The van der Waals surface area contributed by atoms with Gasteiger partial charge in [0, 0.05) is 5.41 Å². The molecule has 0 heterocycles. The molecule has 0 radical (unpaired) electrons. The number of rotatable bonds is 3. The Bertz CT molecular complexity index is 531. The molecule has 0 atom stereocenters. The molecule has 0 aromatic heterocycles. The van der Waals surface area contributed by atoms with Crippen molar-refractivity contribution in [1.29, 1.82) is 0 Å². The predicted molar refractivity (Wildman–Crippen MR) is 99.0 cm³/mol. The van der Waals surface area contributed by atoms with Crippen LogP contribution >= 0.6 is 0 Å². The second-order valence-corrected chi connectivity index (χ2v) is 7.57. The largest absolute Gasteiger partial charge is 0.0844 e. The second-order valence-electron chi connectivity index (χ2n) is 7.57. The van der Waals surface area contributed by atoms with Crippen LogP contribution in [-0.2, 0) is 0 Å². The standard InChI is InChI=1S/C22H34/c1-7-17(4)20(16(2)3)22(14-9-8-10-15-22)21-18(5)12-11-13-19(21)6/h7,12H,8-11,13-15H2,1-6H3/b17-7-. The first-order valence-corrected chi connectivity index (χ1v) is 9.12. The average Bonchev–Trinajstić information content (AvgIpc) is 2.47. The average molecular weight is 299 g/mol. The second kappa shape index (κ2) is 7.02. The van der Waals surface area contributed by atoms with Crippen molar-refractivity contribution in [2.75, 3.05) is 0 Å². The van der Waals surface area contributed by atoms with Crippen molar-refractivity contribution in [1.82, 2.24) is 0 Å². The number of hydrogen-bond donors (Lipinski definition) is 0. The molecule has 1 fully saturated rings. The summed E-state index contributed by atoms with van der Waals surface area (Å²) in [6.45, 7) is 13.9. The molecule has 0 saturated heterocycles. The van der Waals surface area contributed by atoms with Crippen LogP contribution in [0.15, 0.2) is 45.6 Å². The zero-order valence-electron chi connectivity index (χ0n) is 15.6. The highest BCUT2D eigenvalue weighted by Crippen LogP contribution is 2.55. The fourth-order valence-corrected chi connectivity index (χ4v) is 5.03. The van der Waals surface area contributed by atoms with Gasteiger partial charge in [-0.3, -0.25) is 0 Å². The quantitative estimate of drug-likeness (QED) is 0.480. The minimum Gasteiger partial charge on any atom is -0.0844 e. The van der Waals surface area contributed by atoms with Crippen LogP contribution < -0.4 is 0 Å². The first kappa shape index (κ1) is 17.3. The normalized spacial score (nSPS) is 22.5. The lowest BCUT2D eigenvalue weighted by atomic mass is 9.58. The van der Waals surface area contributed by atoms with Crippen LogP contribution in [0.1, 0.15) is 86.5 Å². The van der Waals surface area contributed by atoms with Crippen LogP contribution in [0.3, 0.4) is 0 Å². The van der Waals surface area contributed by atoms with Crippen LogP contribution in [0.5, 0.6) is 0 Å². The van der Waals surface area contributed by atoms with E-state index in [1.807, 2.05) is 0 Å². The molecule has 0 spiro atoms. The van der Waals surface area contributed by atoms with Crippen molar-refractivity contribution in [3.05, 3.63) is 45.6 Å². The highest BCUT2D eigenvalue weighted by Gasteiger charge is 2.41. The lowest BCUT2D eigenvalue weighted by Crippen LogP contribution is -2.32. The Morgan fingerprint density at radius 1 is 1.05 bits per heavy atom. The molecule has 122 valence electrons. The molecule has 2 aliphatic rings. The lowest BCUT2D eigenvalue weighted by molar-refractivity contribution is 0.290. The molecule has 0 bridgehead atoms. The Morgan fingerprint density at radius 3 is 2.18 bits per heavy atom. The third-order valence-corrected chi connectivity index (χ3v) is 5.78. The third kappa shape index (κ3) is 3.03. The van der Waals surface area contributed by atoms with Crippen LogP contribution in [0.25, 0.3) is 0 Å². The Labute approximate surface area is 138 Å². The summed E-state index contributed by atoms with van der Waals surface area (Å²) in [5.74, 6) is 0. The van der Waals surface area contributed by atoms with Crippen molar-refractivity contribution < 1.29 is 0 Å². The summed E-state index contributed by atoms with van der Waals surface area (Å²) in [6, 6.07) is 0. The minimum atomic E-state index is 0.277. The maximum absolute atomic E-state index is 2.48. The molecule has 2 aliphatic carbocycles. The van der Waals surface area contributed by atoms with E-state index >= 15 is 0 Å². The Hall–Kier alpha value is -1.04. The summed E-state index contributed by atoms with van der Waals surface area (Å²) < 4.78 is 0. The van der Waals surface area contributed by atoms with Gasteiger partial charge in [-0.15, -0.1) is 0 Å². The molecule has 1 saturated carbocycles. The van der Waals surface area contributed by atoms with Crippen molar-refractivity contribution in [2.45, 2.75) is 86.5 Å². The lowest BCUT2D eigenvalue weighted by Gasteiger charge is -2.45. The molecule has 0 amide bonds. The summed E-state index contributed by atoms with van der Waals surface area (Å²) in [5, 5.41) is 0. The summed E-state index contributed by atoms with van der Waals surface area (Å²) in [4.78, 5) is 0. The number of hydrogen-bond acceptors (Lipinski definition) is 0. The number of allylic oxidation sites excluding steroid dienone is 8. The Balaban J connectivity index is 2.69. The maximum atomic E-state index is 2.48. The molecule has 0 heteroatoms. The van der Waals surface area contributed by atoms with Gasteiger partial charge in [0.2, 0.25) is 0 Å². The van der Waals surface area contributed by atoms with Crippen molar-refractivity contribution in [2.24, 2.45) is 5.41 Å². The first-order valence-electron chi connectivity index (χ1n) is 9.12. The monoisotopic (exact) mass is 298 g/mol. The van der Waals surface area contributed by atoms with Gasteiger partial charge in [-0.05, 0) is 78.4 Å². The van der Waals surface area contributed by atoms with E-state index in [9.17, 15) is 0 Å². The molecule has 0 nitrogen and oxygen atoms in total. The highest BCUT2D eigenvalue weighted by molar-refractivity contribution is 5.53. The van der Waals surface area contributed by atoms with Gasteiger partial charge in [0.1, 0.15) is 0 Å². The summed E-state index contributed by atoms with van der Waals surface area (Å²) >= 11 is 0. The molecule has 22 heavy (non-hydrogen) atoms. The van der Waals surface area contributed by atoms with Gasteiger partial charge in [0.15, 0.2) is 0 Å². The van der Waals surface area contributed by atoms with Gasteiger partial charge < -0.3 is 0 Å². The van der Waals surface area contributed by atoms with Gasteiger partial charge in [-0.1, -0.05) is 53.7 Å². The van der Waals surface area contributed by atoms with Crippen molar-refractivity contribution >= 4 is 0 Å². The molecule has 0 aromatic carbocycles. The summed E-state index contributed by atoms with van der Waals surface area (Å²) in [5.41, 5.74) is 9.79. The SMILES string of the molecule is C/C=C(/C)C(=C(C)C)C1(C2=C(C)CCC=C2C)CCCCC1. The fourth-order valence-electron chi connectivity index (χ4n) is 5.03. The maximum Gasteiger partial charge on any atom is 0.0206 e. The van der Waals surface area contributed by atoms with E-state index in [2.05, 4.69) is 53.7 Å². The van der Waals surface area contributed by atoms with E-state index in [0.717, 1.165) is 0 Å². The predicted octanol–water partition coefficient (Wildman–Crippen LogP) is 7.30. The molecular formula is C22H34. The van der Waals surface area contributed by atoms with E-state index in [4.69, 9.17) is 0 Å². The topological polar surface area (TPSA) is 0 Å². The smallest absolute Gasteiger partial charge is 0.0206 e. The van der Waals surface area contributed by atoms with Crippen LogP contribution in [0.4, 0.5) is 0 Å². The molecular weight excluding hydrogens is 264 g/mol. The molecule has 0 N–H and O–H groups in total. The Kier molecular flexibility index (Phi) is 5.53. The summed E-state index contributed by atoms with van der Waals surface area (Å²) in [6.07, 6.45) is 14.1. The minimum absolute atomic E-state index is 0.277. The van der Waals surface area contributed by atoms with Crippen LogP contribution in [0.2, 0.25) is 0 Å². The first-order chi connectivity index (χ1) is 10.4. The van der Waals surface area contributed by atoms with Crippen LogP contribution in [0, 0.1) is 5.41 Å². The zero-order valence-corrected chi connectivity index (χ0v) is 15.6. The van der Waals surface area contributed by atoms with Gasteiger partial charge in [-0.2, -0.15) is 0 Å². The molecule has 0 aromatic rings. The van der Waals surface area contributed by atoms with Crippen LogP contribution in [-0.4, -0.2) is 0 Å². The van der Waals surface area contributed by atoms with Crippen molar-refractivity contribution in [3.63, 3.8) is 0 Å². The van der Waals surface area contributed by atoms with E-state index < -0.39 is 0 Å². The molecule has 0 aliphatic heterocycles. The highest BCUT2D eigenvalue weighted by atomic mass is 14.5.